The van der Waals surface area contributed by atoms with Crippen LogP contribution in [0.5, 0.6) is 0 Å². The summed E-state index contributed by atoms with van der Waals surface area (Å²) >= 11 is 1.22. The van der Waals surface area contributed by atoms with Crippen LogP contribution in [0.15, 0.2) is 48.5 Å². The van der Waals surface area contributed by atoms with E-state index in [1.807, 2.05) is 0 Å². The Morgan fingerprint density at radius 1 is 0.489 bits per heavy atom. The zero-order valence-electron chi connectivity index (χ0n) is 28.3. The molecule has 0 saturated carbocycles. The summed E-state index contributed by atoms with van der Waals surface area (Å²) < 4.78 is 9.49. The molecule has 0 saturated heterocycles. The van der Waals surface area contributed by atoms with Gasteiger partial charge in [-0.25, -0.2) is 0 Å². The molecule has 0 atom stereocenters. The molecule has 0 amide bonds. The molecule has 4 N–H and O–H groups in total. The fraction of sp³-hybridized carbons (Fsp3) is 0.526. The number of nitrogens with zero attached hydrogens (tertiary/aromatic N) is 4. The Hall–Kier alpha value is -3.32. The maximum absolute atomic E-state index is 6.85. The Bertz CT molecular complexity index is 1300. The van der Waals surface area contributed by atoms with Gasteiger partial charge in [-0.15, -0.1) is 0 Å². The van der Waals surface area contributed by atoms with Gasteiger partial charge < -0.3 is 21.3 Å². The van der Waals surface area contributed by atoms with Gasteiger partial charge >= 0.3 is 0 Å². The third-order valence-electron chi connectivity index (χ3n) is 8.96. The molecule has 0 aliphatic carbocycles. The topological polar surface area (TPSA) is 84.3 Å². The first kappa shape index (κ1) is 34.6. The lowest BCUT2D eigenvalue weighted by Crippen LogP contribution is -2.25. The predicted octanol–water partition coefficient (Wildman–Crippen LogP) is 10.6. The Balaban J connectivity index is 1.63. The molecule has 0 aliphatic heterocycles. The summed E-state index contributed by atoms with van der Waals surface area (Å²) in [5.41, 5.74) is 22.8. The maximum Gasteiger partial charge on any atom is 0.115 e. The largest absolute Gasteiger partial charge is 0.396 e. The molecular formula is C38H56N6S. The summed E-state index contributed by atoms with van der Waals surface area (Å²) in [7, 11) is 0. The van der Waals surface area contributed by atoms with E-state index in [0.29, 0.717) is 11.4 Å². The van der Waals surface area contributed by atoms with Crippen molar-refractivity contribution in [2.45, 2.75) is 105 Å². The van der Waals surface area contributed by atoms with E-state index in [-0.39, 0.29) is 0 Å². The van der Waals surface area contributed by atoms with Gasteiger partial charge in [-0.05, 0) is 61.1 Å². The molecule has 244 valence electrons. The molecule has 1 aromatic heterocycles. The number of nitrogen functional groups attached to an aromatic ring is 2. The first-order valence-corrected chi connectivity index (χ1v) is 18.3. The lowest BCUT2D eigenvalue weighted by Gasteiger charge is -2.25. The number of unbranched alkanes of at least 4 members (excludes halogenated alkanes) is 8. The zero-order chi connectivity index (χ0) is 32.0. The number of hydrogen-bond donors (Lipinski definition) is 2. The van der Waals surface area contributed by atoms with Crippen molar-refractivity contribution >= 4 is 45.5 Å². The van der Waals surface area contributed by atoms with Crippen molar-refractivity contribution in [3.63, 3.8) is 0 Å². The molecule has 1 heterocycles. The molecule has 4 rings (SSSR count). The first-order chi connectivity index (χ1) is 22.0. The number of aromatic nitrogens is 2. The van der Waals surface area contributed by atoms with Crippen molar-refractivity contribution in [3.8, 4) is 22.3 Å². The quantitative estimate of drug-likeness (QED) is 0.0748. The summed E-state index contributed by atoms with van der Waals surface area (Å²) in [5, 5.41) is 0. The van der Waals surface area contributed by atoms with Crippen LogP contribution in [0.3, 0.4) is 0 Å². The van der Waals surface area contributed by atoms with Crippen LogP contribution in [0.1, 0.15) is 105 Å². The molecule has 3 aromatic carbocycles. The molecule has 7 heteroatoms. The molecule has 6 nitrogen and oxygen atoms in total. The number of nitrogens with two attached hydrogens (primary N) is 2. The van der Waals surface area contributed by atoms with Crippen molar-refractivity contribution < 1.29 is 0 Å². The van der Waals surface area contributed by atoms with Crippen molar-refractivity contribution in [2.24, 2.45) is 0 Å². The van der Waals surface area contributed by atoms with E-state index in [0.717, 1.165) is 59.5 Å². The number of benzene rings is 3. The van der Waals surface area contributed by atoms with E-state index in [9.17, 15) is 0 Å². The fourth-order valence-electron chi connectivity index (χ4n) is 6.25. The van der Waals surface area contributed by atoms with Gasteiger partial charge in [0.15, 0.2) is 0 Å². The van der Waals surface area contributed by atoms with Gasteiger partial charge in [0.1, 0.15) is 11.0 Å². The minimum atomic E-state index is 0.575. The second-order valence-corrected chi connectivity index (χ2v) is 13.0. The Morgan fingerprint density at radius 2 is 0.800 bits per heavy atom. The summed E-state index contributed by atoms with van der Waals surface area (Å²) in [6.07, 6.45) is 14.9. The standard InChI is InChI=1S/C38H56N6S/c1-5-9-13-25-43(26-14-10-6-2)31-21-17-29(18-22-31)33-35(39)36(40)34(38-37(33)41-45-42-38)30-19-23-32(24-20-30)44(27-15-11-7-3)28-16-12-8-4/h17-24H,5-16,25-28,39-40H2,1-4H3. The van der Waals surface area contributed by atoms with E-state index < -0.39 is 0 Å². The fourth-order valence-corrected chi connectivity index (χ4v) is 6.81. The minimum Gasteiger partial charge on any atom is -0.396 e. The predicted molar refractivity (Wildman–Crippen MR) is 200 cm³/mol. The van der Waals surface area contributed by atoms with E-state index in [1.165, 1.54) is 100 Å². The van der Waals surface area contributed by atoms with Crippen LogP contribution < -0.4 is 21.3 Å². The van der Waals surface area contributed by atoms with Crippen molar-refractivity contribution in [1.29, 1.82) is 0 Å². The van der Waals surface area contributed by atoms with E-state index in [2.05, 4.69) is 86.0 Å². The molecule has 0 fully saturated rings. The van der Waals surface area contributed by atoms with Gasteiger partial charge in [-0.3, -0.25) is 0 Å². The summed E-state index contributed by atoms with van der Waals surface area (Å²) in [5.74, 6) is 0. The molecule has 0 unspecified atom stereocenters. The van der Waals surface area contributed by atoms with Gasteiger partial charge in [0.2, 0.25) is 0 Å². The van der Waals surface area contributed by atoms with Gasteiger partial charge in [0.25, 0.3) is 0 Å². The Labute approximate surface area is 276 Å². The van der Waals surface area contributed by atoms with Crippen LogP contribution in [0, 0.1) is 0 Å². The molecule has 0 spiro atoms. The summed E-state index contributed by atoms with van der Waals surface area (Å²) in [6.45, 7) is 13.4. The molecule has 4 aromatic rings. The Morgan fingerprint density at radius 3 is 1.09 bits per heavy atom. The molecule has 45 heavy (non-hydrogen) atoms. The van der Waals surface area contributed by atoms with Crippen LogP contribution in [-0.4, -0.2) is 34.9 Å². The monoisotopic (exact) mass is 628 g/mol. The zero-order valence-corrected chi connectivity index (χ0v) is 29.1. The van der Waals surface area contributed by atoms with Gasteiger partial charge in [0, 0.05) is 48.7 Å². The number of anilines is 4. The lowest BCUT2D eigenvalue weighted by atomic mass is 9.93. The molecular weight excluding hydrogens is 573 g/mol. The molecule has 0 aliphatic rings. The van der Waals surface area contributed by atoms with E-state index in [4.69, 9.17) is 20.2 Å². The van der Waals surface area contributed by atoms with Crippen molar-refractivity contribution in [2.75, 3.05) is 47.4 Å². The van der Waals surface area contributed by atoms with Crippen LogP contribution in [0.2, 0.25) is 0 Å². The SMILES string of the molecule is CCCCCN(CCCCC)c1ccc(-c2c(N)c(N)c(-c3ccc(N(CCCCC)CCCCC)cc3)c3nsnc23)cc1. The smallest absolute Gasteiger partial charge is 0.115 e. The van der Waals surface area contributed by atoms with Gasteiger partial charge in [-0.2, -0.15) is 8.75 Å². The van der Waals surface area contributed by atoms with Crippen LogP contribution in [0.25, 0.3) is 33.3 Å². The highest BCUT2D eigenvalue weighted by molar-refractivity contribution is 7.00. The van der Waals surface area contributed by atoms with Crippen LogP contribution in [-0.2, 0) is 0 Å². The van der Waals surface area contributed by atoms with Gasteiger partial charge in [-0.1, -0.05) is 103 Å². The molecule has 0 bridgehead atoms. The first-order valence-electron chi connectivity index (χ1n) is 17.6. The van der Waals surface area contributed by atoms with Gasteiger partial charge in [0.05, 0.1) is 23.1 Å². The highest BCUT2D eigenvalue weighted by atomic mass is 32.1. The third-order valence-corrected chi connectivity index (χ3v) is 9.49. The lowest BCUT2D eigenvalue weighted by molar-refractivity contribution is 0.636. The minimum absolute atomic E-state index is 0.575. The van der Waals surface area contributed by atoms with Crippen molar-refractivity contribution in [3.05, 3.63) is 48.5 Å². The summed E-state index contributed by atoms with van der Waals surface area (Å²) in [6, 6.07) is 17.6. The number of rotatable bonds is 20. The average Bonchev–Trinajstić information content (AvgIpc) is 3.53. The summed E-state index contributed by atoms with van der Waals surface area (Å²) in [4.78, 5) is 5.07. The Kier molecular flexibility index (Phi) is 13.8. The highest BCUT2D eigenvalue weighted by Gasteiger charge is 2.22. The average molecular weight is 629 g/mol. The number of hydrogen-bond acceptors (Lipinski definition) is 7. The van der Waals surface area contributed by atoms with Crippen LogP contribution in [0.4, 0.5) is 22.7 Å². The second kappa shape index (κ2) is 18.0. The normalized spacial score (nSPS) is 11.4. The third kappa shape index (κ3) is 8.90. The maximum atomic E-state index is 6.85. The van der Waals surface area contributed by atoms with E-state index >= 15 is 0 Å². The molecule has 0 radical (unpaired) electrons. The van der Waals surface area contributed by atoms with Crippen LogP contribution >= 0.6 is 11.7 Å². The second-order valence-electron chi connectivity index (χ2n) is 12.4. The highest BCUT2D eigenvalue weighted by Crippen LogP contribution is 2.45. The van der Waals surface area contributed by atoms with Crippen molar-refractivity contribution in [1.82, 2.24) is 8.75 Å². The number of fused-ring (bicyclic) bond motifs is 1. The van der Waals surface area contributed by atoms with E-state index in [1.54, 1.807) is 0 Å².